The van der Waals surface area contributed by atoms with Gasteiger partial charge in [-0.2, -0.15) is 5.26 Å². The summed E-state index contributed by atoms with van der Waals surface area (Å²) in [6.07, 6.45) is 2.75. The number of rotatable bonds is 8. The maximum absolute atomic E-state index is 13.6. The van der Waals surface area contributed by atoms with E-state index in [-0.39, 0.29) is 41.7 Å². The van der Waals surface area contributed by atoms with Crippen LogP contribution in [0.1, 0.15) is 114 Å². The Labute approximate surface area is 327 Å². The number of carbonyl (C=O) groups is 5. The van der Waals surface area contributed by atoms with Crippen LogP contribution in [0.2, 0.25) is 0 Å². The van der Waals surface area contributed by atoms with Crippen LogP contribution in [0, 0.1) is 22.2 Å². The number of carbonyl (C=O) groups excluding carboxylic acids is 5. The first-order valence-electron chi connectivity index (χ1n) is 19.7. The van der Waals surface area contributed by atoms with Crippen molar-refractivity contribution < 1.29 is 28.7 Å². The molecule has 1 unspecified atom stereocenters. The minimum Gasteiger partial charge on any atom is -0.489 e. The molecule has 3 aromatic carbocycles. The summed E-state index contributed by atoms with van der Waals surface area (Å²) in [5.41, 5.74) is 5.37. The van der Waals surface area contributed by atoms with Crippen molar-refractivity contribution in [3.63, 3.8) is 0 Å². The lowest BCUT2D eigenvalue weighted by Crippen LogP contribution is -2.74. The standard InChI is InChI=1S/C44H48N6O6/c1-6-25-19-32(12-9-27(25)22-45)56-42-43(2,3)41(44(42,4)5)47-37(52)26-7-10-30(11-8-26)48-17-15-31(16-18-48)49-23-28-20-33-34(21-29(28)24-49)40(55)50(39(33)54)35-13-14-36(51)46-38(35)53/h7-12,19-21,31,35,41-42H,6,13-18,23-24H2,1-5H3,(H,47,52)(H,46,51,53)/t35?,41-,42-. The average molecular weight is 757 g/mol. The molecule has 3 fully saturated rings. The number of piperidine rings is 2. The van der Waals surface area contributed by atoms with E-state index in [0.29, 0.717) is 41.4 Å². The Hall–Kier alpha value is -5.54. The number of anilines is 1. The zero-order chi connectivity index (χ0) is 39.7. The number of imide groups is 2. The Balaban J connectivity index is 0.846. The second-order valence-corrected chi connectivity index (χ2v) is 17.1. The van der Waals surface area contributed by atoms with Gasteiger partial charge in [0.1, 0.15) is 17.9 Å². The highest BCUT2D eigenvalue weighted by molar-refractivity contribution is 6.23. The Morgan fingerprint density at radius 1 is 0.893 bits per heavy atom. The van der Waals surface area contributed by atoms with E-state index >= 15 is 0 Å². The molecule has 0 aromatic heterocycles. The lowest BCUT2D eigenvalue weighted by molar-refractivity contribution is -0.164. The number of ether oxygens (including phenoxy) is 1. The Morgan fingerprint density at radius 2 is 1.52 bits per heavy atom. The third-order valence-corrected chi connectivity index (χ3v) is 12.9. The normalized spacial score (nSPS) is 24.2. The first-order chi connectivity index (χ1) is 26.7. The molecule has 290 valence electrons. The van der Waals surface area contributed by atoms with Gasteiger partial charge in [-0.1, -0.05) is 34.6 Å². The van der Waals surface area contributed by atoms with Crippen LogP contribution in [0.25, 0.3) is 0 Å². The summed E-state index contributed by atoms with van der Waals surface area (Å²) in [7, 11) is 0. The van der Waals surface area contributed by atoms with Crippen LogP contribution in [0.4, 0.5) is 5.69 Å². The molecule has 0 bridgehead atoms. The molecule has 0 spiro atoms. The van der Waals surface area contributed by atoms with Crippen LogP contribution in [0.3, 0.4) is 0 Å². The van der Waals surface area contributed by atoms with Crippen molar-refractivity contribution in [1.29, 1.82) is 5.26 Å². The van der Waals surface area contributed by atoms with Gasteiger partial charge in [-0.15, -0.1) is 0 Å². The van der Waals surface area contributed by atoms with Crippen molar-refractivity contribution >= 4 is 35.2 Å². The number of aryl methyl sites for hydroxylation is 1. The number of amides is 5. The lowest BCUT2D eigenvalue weighted by Gasteiger charge is -2.63. The van der Waals surface area contributed by atoms with E-state index in [4.69, 9.17) is 4.74 Å². The third kappa shape index (κ3) is 6.22. The summed E-state index contributed by atoms with van der Waals surface area (Å²) in [6.45, 7) is 13.6. The molecule has 8 rings (SSSR count). The fourth-order valence-electron chi connectivity index (χ4n) is 10.2. The van der Waals surface area contributed by atoms with Gasteiger partial charge in [0.05, 0.1) is 22.8 Å². The first-order valence-corrected chi connectivity index (χ1v) is 19.7. The molecular weight excluding hydrogens is 709 g/mol. The van der Waals surface area contributed by atoms with Crippen molar-refractivity contribution in [3.05, 3.63) is 93.5 Å². The van der Waals surface area contributed by atoms with Gasteiger partial charge in [-0.3, -0.25) is 39.1 Å². The highest BCUT2D eigenvalue weighted by Crippen LogP contribution is 2.55. The van der Waals surface area contributed by atoms with Gasteiger partial charge >= 0.3 is 0 Å². The predicted molar refractivity (Wildman–Crippen MR) is 208 cm³/mol. The summed E-state index contributed by atoms with van der Waals surface area (Å²) in [5, 5.41) is 15.0. The number of hydrogen-bond acceptors (Lipinski definition) is 9. The number of hydrogen-bond donors (Lipinski definition) is 2. The number of nitrogens with one attached hydrogen (secondary N) is 2. The smallest absolute Gasteiger partial charge is 0.262 e. The van der Waals surface area contributed by atoms with E-state index in [2.05, 4.69) is 54.2 Å². The van der Waals surface area contributed by atoms with E-state index in [0.717, 1.165) is 65.4 Å². The van der Waals surface area contributed by atoms with Gasteiger partial charge in [-0.05, 0) is 97.0 Å². The molecule has 1 saturated carbocycles. The van der Waals surface area contributed by atoms with E-state index in [1.165, 1.54) is 0 Å². The fourth-order valence-corrected chi connectivity index (χ4v) is 10.2. The minimum absolute atomic E-state index is 0.0925. The van der Waals surface area contributed by atoms with Gasteiger partial charge < -0.3 is 15.0 Å². The van der Waals surface area contributed by atoms with Gasteiger partial charge in [0.2, 0.25) is 11.8 Å². The number of fused-ring (bicyclic) bond motifs is 2. The number of benzene rings is 3. The maximum Gasteiger partial charge on any atom is 0.262 e. The SMILES string of the molecule is CCc1cc(O[C@H]2C(C)(C)[C@H](NC(=O)c3ccc(N4CCC(N5Cc6cc7c(cc6C5)C(=O)N(C5CCC(=O)NC5=O)C7=O)CC4)cc3)C2(C)C)ccc1C#N. The highest BCUT2D eigenvalue weighted by Gasteiger charge is 2.64. The summed E-state index contributed by atoms with van der Waals surface area (Å²) in [5.74, 6) is -1.32. The third-order valence-electron chi connectivity index (χ3n) is 12.9. The molecule has 56 heavy (non-hydrogen) atoms. The second-order valence-electron chi connectivity index (χ2n) is 17.1. The molecule has 5 amide bonds. The number of nitrogens with zero attached hydrogens (tertiary/aromatic N) is 4. The molecule has 0 radical (unpaired) electrons. The molecular formula is C44H48N6O6. The fraction of sp³-hybridized carbons (Fsp3) is 0.455. The summed E-state index contributed by atoms with van der Waals surface area (Å²) < 4.78 is 6.52. The Bertz CT molecular complexity index is 2140. The molecule has 12 heteroatoms. The largest absolute Gasteiger partial charge is 0.489 e. The van der Waals surface area contributed by atoms with Crippen LogP contribution in [-0.2, 0) is 29.1 Å². The topological polar surface area (TPSA) is 152 Å². The first kappa shape index (κ1) is 37.4. The van der Waals surface area contributed by atoms with E-state index in [9.17, 15) is 29.2 Å². The molecule has 2 saturated heterocycles. The molecule has 1 atom stereocenters. The Morgan fingerprint density at radius 3 is 2.09 bits per heavy atom. The van der Waals surface area contributed by atoms with Crippen LogP contribution >= 0.6 is 0 Å². The Kier molecular flexibility index (Phi) is 9.27. The number of nitriles is 1. The van der Waals surface area contributed by atoms with Crippen molar-refractivity contribution in [3.8, 4) is 11.8 Å². The lowest BCUT2D eigenvalue weighted by atomic mass is 9.49. The van der Waals surface area contributed by atoms with Gasteiger partial charge in [0, 0.05) is 66.8 Å². The van der Waals surface area contributed by atoms with Gasteiger partial charge in [0.25, 0.3) is 17.7 Å². The molecule has 5 aliphatic rings. The highest BCUT2D eigenvalue weighted by atomic mass is 16.5. The van der Waals surface area contributed by atoms with Crippen molar-refractivity contribution in [2.75, 3.05) is 18.0 Å². The molecule has 4 heterocycles. The monoisotopic (exact) mass is 756 g/mol. The average Bonchev–Trinajstić information content (AvgIpc) is 3.72. The summed E-state index contributed by atoms with van der Waals surface area (Å²) in [6, 6.07) is 18.6. The van der Waals surface area contributed by atoms with Crippen molar-refractivity contribution in [2.45, 2.75) is 104 Å². The van der Waals surface area contributed by atoms with Crippen LogP contribution in [-0.4, -0.2) is 76.7 Å². The van der Waals surface area contributed by atoms with Crippen molar-refractivity contribution in [1.82, 2.24) is 20.4 Å². The van der Waals surface area contributed by atoms with Gasteiger partial charge in [0.15, 0.2) is 0 Å². The van der Waals surface area contributed by atoms with E-state index in [1.807, 2.05) is 61.5 Å². The molecule has 3 aromatic rings. The maximum atomic E-state index is 13.6. The summed E-state index contributed by atoms with van der Waals surface area (Å²) >= 11 is 0. The second kappa shape index (κ2) is 13.9. The van der Waals surface area contributed by atoms with E-state index in [1.54, 1.807) is 0 Å². The predicted octanol–water partition coefficient (Wildman–Crippen LogP) is 5.12. The van der Waals surface area contributed by atoms with Crippen LogP contribution in [0.15, 0.2) is 54.6 Å². The van der Waals surface area contributed by atoms with Crippen LogP contribution < -0.4 is 20.3 Å². The minimum atomic E-state index is -0.970. The van der Waals surface area contributed by atoms with Gasteiger partial charge in [-0.25, -0.2) is 0 Å². The van der Waals surface area contributed by atoms with Crippen molar-refractivity contribution in [2.24, 2.45) is 10.8 Å². The molecule has 4 aliphatic heterocycles. The summed E-state index contributed by atoms with van der Waals surface area (Å²) in [4.78, 5) is 70.1. The van der Waals surface area contributed by atoms with E-state index < -0.39 is 29.7 Å². The molecule has 1 aliphatic carbocycles. The molecule has 2 N–H and O–H groups in total. The zero-order valence-electron chi connectivity index (χ0n) is 32.6. The molecule has 12 nitrogen and oxygen atoms in total. The quantitative estimate of drug-likeness (QED) is 0.299. The zero-order valence-corrected chi connectivity index (χ0v) is 32.6. The van der Waals surface area contributed by atoms with Crippen LogP contribution in [0.5, 0.6) is 5.75 Å².